The van der Waals surface area contributed by atoms with Crippen LogP contribution in [0.2, 0.25) is 0 Å². The molecule has 0 saturated carbocycles. The Morgan fingerprint density at radius 1 is 1.17 bits per heavy atom. The van der Waals surface area contributed by atoms with Crippen molar-refractivity contribution in [2.75, 3.05) is 43.6 Å². The van der Waals surface area contributed by atoms with E-state index in [9.17, 15) is 4.79 Å². The fraction of sp³-hybridized carbons (Fsp3) is 0.316. The monoisotopic (exact) mass is 326 g/mol. The van der Waals surface area contributed by atoms with E-state index in [0.717, 1.165) is 49.0 Å². The fourth-order valence-corrected chi connectivity index (χ4v) is 2.77. The average molecular weight is 326 g/mol. The molecule has 1 saturated heterocycles. The van der Waals surface area contributed by atoms with E-state index in [1.165, 1.54) is 0 Å². The lowest BCUT2D eigenvalue weighted by Crippen LogP contribution is -2.36. The van der Waals surface area contributed by atoms with Crippen LogP contribution in [0.15, 0.2) is 48.5 Å². The van der Waals surface area contributed by atoms with Crippen LogP contribution in [0, 0.1) is 0 Å². The number of amides is 1. The molecule has 0 spiro atoms. The number of methoxy groups -OCH3 is 1. The molecule has 1 amide bonds. The van der Waals surface area contributed by atoms with E-state index in [1.54, 1.807) is 7.11 Å². The summed E-state index contributed by atoms with van der Waals surface area (Å²) in [7, 11) is 1.62. The predicted molar refractivity (Wildman–Crippen MR) is 94.8 cm³/mol. The van der Waals surface area contributed by atoms with Gasteiger partial charge in [-0.25, -0.2) is 0 Å². The minimum Gasteiger partial charge on any atom is -0.497 e. The van der Waals surface area contributed by atoms with Crippen LogP contribution in [-0.2, 0) is 16.0 Å². The van der Waals surface area contributed by atoms with Gasteiger partial charge in [-0.05, 0) is 35.9 Å². The van der Waals surface area contributed by atoms with E-state index in [2.05, 4.69) is 16.3 Å². The second kappa shape index (κ2) is 7.84. The molecule has 1 heterocycles. The zero-order valence-corrected chi connectivity index (χ0v) is 13.8. The number of anilines is 2. The maximum absolute atomic E-state index is 12.3. The van der Waals surface area contributed by atoms with Crippen LogP contribution in [0.3, 0.4) is 0 Å². The van der Waals surface area contributed by atoms with Gasteiger partial charge in [0.15, 0.2) is 0 Å². The van der Waals surface area contributed by atoms with Crippen LogP contribution >= 0.6 is 0 Å². The van der Waals surface area contributed by atoms with Gasteiger partial charge >= 0.3 is 0 Å². The number of hydrogen-bond donors (Lipinski definition) is 1. The van der Waals surface area contributed by atoms with E-state index in [4.69, 9.17) is 9.47 Å². The van der Waals surface area contributed by atoms with Crippen LogP contribution in [-0.4, -0.2) is 39.3 Å². The van der Waals surface area contributed by atoms with Crippen molar-refractivity contribution < 1.29 is 14.3 Å². The Kier molecular flexibility index (Phi) is 5.33. The Morgan fingerprint density at radius 3 is 2.75 bits per heavy atom. The van der Waals surface area contributed by atoms with Gasteiger partial charge in [0.25, 0.3) is 0 Å². The van der Waals surface area contributed by atoms with Gasteiger partial charge in [-0.3, -0.25) is 4.79 Å². The Hall–Kier alpha value is -2.53. The number of hydrogen-bond acceptors (Lipinski definition) is 4. The maximum Gasteiger partial charge on any atom is 0.228 e. The smallest absolute Gasteiger partial charge is 0.228 e. The van der Waals surface area contributed by atoms with E-state index in [-0.39, 0.29) is 5.91 Å². The van der Waals surface area contributed by atoms with Crippen molar-refractivity contribution in [2.45, 2.75) is 6.42 Å². The highest BCUT2D eigenvalue weighted by Gasteiger charge is 2.12. The molecule has 1 aliphatic rings. The van der Waals surface area contributed by atoms with E-state index in [1.807, 2.05) is 42.5 Å². The summed E-state index contributed by atoms with van der Waals surface area (Å²) in [5.41, 5.74) is 2.85. The number of nitrogens with one attached hydrogen (secondary N) is 1. The van der Waals surface area contributed by atoms with Gasteiger partial charge in [0.2, 0.25) is 5.91 Å². The SMILES string of the molecule is COc1cccc(CC(=O)Nc2cccc(N3CCOCC3)c2)c1. The minimum absolute atomic E-state index is 0.0395. The molecule has 0 atom stereocenters. The molecule has 0 aliphatic carbocycles. The lowest BCUT2D eigenvalue weighted by Gasteiger charge is -2.29. The fourth-order valence-electron chi connectivity index (χ4n) is 2.77. The molecule has 0 aromatic heterocycles. The number of benzene rings is 2. The van der Waals surface area contributed by atoms with E-state index < -0.39 is 0 Å². The predicted octanol–water partition coefficient (Wildman–Crippen LogP) is 2.71. The summed E-state index contributed by atoms with van der Waals surface area (Å²) < 4.78 is 10.6. The van der Waals surface area contributed by atoms with Crippen LogP contribution in [0.25, 0.3) is 0 Å². The molecule has 0 unspecified atom stereocenters. The molecule has 126 valence electrons. The summed E-state index contributed by atoms with van der Waals surface area (Å²) in [5, 5.41) is 2.97. The largest absolute Gasteiger partial charge is 0.497 e. The summed E-state index contributed by atoms with van der Waals surface area (Å²) in [6.07, 6.45) is 0.318. The van der Waals surface area contributed by atoms with Gasteiger partial charge < -0.3 is 19.7 Å². The third-order valence-corrected chi connectivity index (χ3v) is 4.00. The number of carbonyl (C=O) groups is 1. The van der Waals surface area contributed by atoms with Gasteiger partial charge in [-0.1, -0.05) is 18.2 Å². The quantitative estimate of drug-likeness (QED) is 0.918. The molecule has 0 radical (unpaired) electrons. The van der Waals surface area contributed by atoms with Crippen LogP contribution < -0.4 is 15.0 Å². The first-order chi connectivity index (χ1) is 11.7. The Balaban J connectivity index is 1.63. The van der Waals surface area contributed by atoms with Gasteiger partial charge in [0.1, 0.15) is 5.75 Å². The van der Waals surface area contributed by atoms with Crippen LogP contribution in [0.5, 0.6) is 5.75 Å². The maximum atomic E-state index is 12.3. The summed E-state index contributed by atoms with van der Waals surface area (Å²) >= 11 is 0. The third-order valence-electron chi connectivity index (χ3n) is 4.00. The van der Waals surface area contributed by atoms with Crippen molar-refractivity contribution in [2.24, 2.45) is 0 Å². The second-order valence-electron chi connectivity index (χ2n) is 5.73. The highest BCUT2D eigenvalue weighted by molar-refractivity contribution is 5.92. The van der Waals surface area contributed by atoms with Crippen molar-refractivity contribution in [1.82, 2.24) is 0 Å². The Labute approximate surface area is 142 Å². The number of ether oxygens (including phenoxy) is 2. The molecule has 1 fully saturated rings. The standard InChI is InChI=1S/C19H22N2O3/c1-23-18-7-2-4-15(12-18)13-19(22)20-16-5-3-6-17(14-16)21-8-10-24-11-9-21/h2-7,12,14H,8-11,13H2,1H3,(H,20,22). The van der Waals surface area contributed by atoms with Crippen molar-refractivity contribution in [3.05, 3.63) is 54.1 Å². The Bertz CT molecular complexity index is 697. The first-order valence-electron chi connectivity index (χ1n) is 8.10. The summed E-state index contributed by atoms with van der Waals surface area (Å²) in [5.74, 6) is 0.719. The molecule has 1 N–H and O–H groups in total. The molecule has 3 rings (SSSR count). The first kappa shape index (κ1) is 16.3. The van der Waals surface area contributed by atoms with Gasteiger partial charge in [-0.2, -0.15) is 0 Å². The van der Waals surface area contributed by atoms with E-state index in [0.29, 0.717) is 6.42 Å². The number of rotatable bonds is 5. The zero-order valence-electron chi connectivity index (χ0n) is 13.8. The topological polar surface area (TPSA) is 50.8 Å². The normalized spacial score (nSPS) is 14.3. The summed E-state index contributed by atoms with van der Waals surface area (Å²) in [6, 6.07) is 15.5. The van der Waals surface area contributed by atoms with E-state index >= 15 is 0 Å². The average Bonchev–Trinajstić information content (AvgIpc) is 2.63. The second-order valence-corrected chi connectivity index (χ2v) is 5.73. The number of carbonyl (C=O) groups excluding carboxylic acids is 1. The molecule has 1 aliphatic heterocycles. The van der Waals surface area contributed by atoms with Crippen molar-refractivity contribution in [3.63, 3.8) is 0 Å². The Morgan fingerprint density at radius 2 is 1.96 bits per heavy atom. The molecular formula is C19H22N2O3. The molecule has 5 heteroatoms. The van der Waals surface area contributed by atoms with Crippen molar-refractivity contribution in [3.8, 4) is 5.75 Å². The number of nitrogens with zero attached hydrogens (tertiary/aromatic N) is 1. The van der Waals surface area contributed by atoms with Gasteiger partial charge in [0, 0.05) is 24.5 Å². The zero-order chi connectivity index (χ0) is 16.8. The minimum atomic E-state index is -0.0395. The molecular weight excluding hydrogens is 304 g/mol. The molecule has 2 aromatic carbocycles. The van der Waals surface area contributed by atoms with Crippen LogP contribution in [0.4, 0.5) is 11.4 Å². The summed E-state index contributed by atoms with van der Waals surface area (Å²) in [6.45, 7) is 3.24. The lowest BCUT2D eigenvalue weighted by atomic mass is 10.1. The summed E-state index contributed by atoms with van der Waals surface area (Å²) in [4.78, 5) is 14.5. The molecule has 0 bridgehead atoms. The molecule has 2 aromatic rings. The van der Waals surface area contributed by atoms with Crippen LogP contribution in [0.1, 0.15) is 5.56 Å². The highest BCUT2D eigenvalue weighted by Crippen LogP contribution is 2.21. The first-order valence-corrected chi connectivity index (χ1v) is 8.10. The van der Waals surface area contributed by atoms with Crippen molar-refractivity contribution >= 4 is 17.3 Å². The molecule has 5 nitrogen and oxygen atoms in total. The third kappa shape index (κ3) is 4.26. The van der Waals surface area contributed by atoms with Gasteiger partial charge in [-0.15, -0.1) is 0 Å². The highest BCUT2D eigenvalue weighted by atomic mass is 16.5. The lowest BCUT2D eigenvalue weighted by molar-refractivity contribution is -0.115. The molecule has 24 heavy (non-hydrogen) atoms. The van der Waals surface area contributed by atoms with Gasteiger partial charge in [0.05, 0.1) is 26.7 Å². The number of morpholine rings is 1. The van der Waals surface area contributed by atoms with Crippen molar-refractivity contribution in [1.29, 1.82) is 0 Å².